The fraction of sp³-hybridized carbons (Fsp3) is 0.857. The molecule has 1 rings (SSSR count). The predicted molar refractivity (Wildman–Crippen MR) is 209 cm³/mol. The smallest absolute Gasteiger partial charge is 0.342 e. The maximum atomic E-state index is 13.3. The zero-order chi connectivity index (χ0) is 41.4. The van der Waals surface area contributed by atoms with Crippen molar-refractivity contribution in [1.82, 2.24) is 0 Å². The van der Waals surface area contributed by atoms with Crippen LogP contribution in [0, 0.1) is 0 Å². The Morgan fingerprint density at radius 3 is 1.71 bits per heavy atom. The van der Waals surface area contributed by atoms with Crippen molar-refractivity contribution in [2.75, 3.05) is 19.8 Å². The lowest BCUT2D eigenvalue weighted by Crippen LogP contribution is -2.63. The molecule has 0 radical (unpaired) electrons. The number of carbonyl (C=O) groups is 4. The third-order valence-electron chi connectivity index (χ3n) is 9.55. The van der Waals surface area contributed by atoms with E-state index in [-0.39, 0.29) is 12.8 Å². The maximum Gasteiger partial charge on any atom is 0.342 e. The molecule has 1 saturated heterocycles. The third-order valence-corrected chi connectivity index (χ3v) is 9.55. The zero-order valence-corrected chi connectivity index (χ0v) is 34.7. The molecule has 0 unspecified atom stereocenters. The molecule has 0 aliphatic carbocycles. The van der Waals surface area contributed by atoms with E-state index in [2.05, 4.69) is 19.9 Å². The first-order chi connectivity index (χ1) is 27.0. The monoisotopic (exact) mass is 803 g/mol. The summed E-state index contributed by atoms with van der Waals surface area (Å²) in [6.07, 6.45) is 15.6. The first kappa shape index (κ1) is 51.4. The molecule has 7 atom stereocenters. The van der Waals surface area contributed by atoms with E-state index in [1.54, 1.807) is 0 Å². The fourth-order valence-corrected chi connectivity index (χ4v) is 6.28. The van der Waals surface area contributed by atoms with E-state index in [9.17, 15) is 34.5 Å². The summed E-state index contributed by atoms with van der Waals surface area (Å²) in [5, 5.41) is 29.4. The molecule has 0 bridgehead atoms. The lowest BCUT2D eigenvalue weighted by Gasteiger charge is -2.43. The van der Waals surface area contributed by atoms with E-state index < -0.39 is 86.6 Å². The molecule has 0 saturated carbocycles. The normalized spacial score (nSPS) is 20.7. The topological polar surface area (TPSA) is 194 Å². The Hall–Kier alpha value is -2.62. The van der Waals surface area contributed by atoms with Crippen molar-refractivity contribution >= 4 is 23.9 Å². The number of ether oxygens (including phenoxy) is 5. The van der Waals surface area contributed by atoms with Gasteiger partial charge in [0.15, 0.2) is 24.6 Å². The van der Waals surface area contributed by atoms with Gasteiger partial charge in [0.2, 0.25) is 0 Å². The Labute approximate surface area is 335 Å². The van der Waals surface area contributed by atoms with Crippen LogP contribution < -0.4 is 0 Å². The summed E-state index contributed by atoms with van der Waals surface area (Å²) in [6.45, 7) is 4.88. The number of hydrogen-bond acceptors (Lipinski definition) is 14. The van der Waals surface area contributed by atoms with Crippen LogP contribution in [0.1, 0.15) is 169 Å². The van der Waals surface area contributed by atoms with Gasteiger partial charge in [0.25, 0.3) is 0 Å². The number of carbonyl (C=O) groups excluding carboxylic acids is 4. The highest BCUT2D eigenvalue weighted by Gasteiger charge is 2.53. The lowest BCUT2D eigenvalue weighted by atomic mass is 9.98. The summed E-state index contributed by atoms with van der Waals surface area (Å²) in [7, 11) is 0. The van der Waals surface area contributed by atoms with Gasteiger partial charge in [-0.05, 0) is 32.1 Å². The van der Waals surface area contributed by atoms with E-state index in [0.717, 1.165) is 58.3 Å². The van der Waals surface area contributed by atoms with Crippen LogP contribution in [0.4, 0.5) is 0 Å². The van der Waals surface area contributed by atoms with Crippen LogP contribution in [0.25, 0.3) is 0 Å². The molecule has 0 aromatic heterocycles. The van der Waals surface area contributed by atoms with Gasteiger partial charge in [0.1, 0.15) is 24.9 Å². The van der Waals surface area contributed by atoms with Gasteiger partial charge < -0.3 is 39.0 Å². The van der Waals surface area contributed by atoms with E-state index in [4.69, 9.17) is 33.5 Å². The van der Waals surface area contributed by atoms with Gasteiger partial charge in [-0.25, -0.2) is 4.79 Å². The van der Waals surface area contributed by atoms with Crippen LogP contribution in [0.2, 0.25) is 0 Å². The Kier molecular flexibility index (Phi) is 30.6. The number of aliphatic hydroxyl groups is 3. The summed E-state index contributed by atoms with van der Waals surface area (Å²) in [4.78, 5) is 60.7. The summed E-state index contributed by atoms with van der Waals surface area (Å²) in [6, 6.07) is 0. The Morgan fingerprint density at radius 1 is 0.625 bits per heavy atom. The van der Waals surface area contributed by atoms with Crippen molar-refractivity contribution < 1.29 is 68.0 Å². The second-order valence-electron chi connectivity index (χ2n) is 14.7. The van der Waals surface area contributed by atoms with Gasteiger partial charge in [-0.2, -0.15) is 4.89 Å². The van der Waals surface area contributed by atoms with Crippen molar-refractivity contribution in [2.45, 2.75) is 212 Å². The van der Waals surface area contributed by atoms with Gasteiger partial charge in [-0.15, -0.1) is 0 Å². The molecule has 1 aliphatic rings. The van der Waals surface area contributed by atoms with E-state index in [1.807, 2.05) is 6.08 Å². The Bertz CT molecular complexity index is 1070. The molecule has 14 nitrogen and oxygen atoms in total. The lowest BCUT2D eigenvalue weighted by molar-refractivity contribution is -0.391. The van der Waals surface area contributed by atoms with Crippen LogP contribution in [-0.2, 0) is 52.6 Å². The van der Waals surface area contributed by atoms with Crippen molar-refractivity contribution in [3.05, 3.63) is 12.2 Å². The van der Waals surface area contributed by atoms with Gasteiger partial charge >= 0.3 is 23.9 Å². The number of unbranched alkanes of at least 4 members (excludes halogenated alkanes) is 17. The van der Waals surface area contributed by atoms with Crippen LogP contribution in [0.3, 0.4) is 0 Å². The first-order valence-corrected chi connectivity index (χ1v) is 21.3. The van der Waals surface area contributed by atoms with Crippen LogP contribution >= 0.6 is 0 Å². The van der Waals surface area contributed by atoms with Crippen LogP contribution in [0.5, 0.6) is 0 Å². The SMILES string of the molecule is CCCCCCCCCCCC/C=C/CCCC(=O)O[C@@H]1[C@H](OOC(=O)CCCCCCCCC)[C@H](OC[C@H](O)[C@H](O)CO)O[C@H](COC(C)=O)[C@H]1OC(C)=O. The summed E-state index contributed by atoms with van der Waals surface area (Å²) in [5.41, 5.74) is 0. The quantitative estimate of drug-likeness (QED) is 0.0152. The number of hydrogen-bond donors (Lipinski definition) is 3. The minimum absolute atomic E-state index is 0.000941. The van der Waals surface area contributed by atoms with Gasteiger partial charge in [-0.1, -0.05) is 122 Å². The fourth-order valence-electron chi connectivity index (χ4n) is 6.28. The summed E-state index contributed by atoms with van der Waals surface area (Å²) in [5.74, 6) is -2.80. The molecule has 0 aromatic carbocycles. The molecular formula is C42H74O14. The van der Waals surface area contributed by atoms with Gasteiger partial charge in [-0.3, -0.25) is 19.3 Å². The average Bonchev–Trinajstić information content (AvgIpc) is 3.17. The van der Waals surface area contributed by atoms with E-state index in [0.29, 0.717) is 19.3 Å². The molecular weight excluding hydrogens is 728 g/mol. The van der Waals surface area contributed by atoms with Crippen LogP contribution in [0.15, 0.2) is 12.2 Å². The molecule has 3 N–H and O–H groups in total. The highest BCUT2D eigenvalue weighted by atomic mass is 17.2. The number of aliphatic hydroxyl groups excluding tert-OH is 3. The van der Waals surface area contributed by atoms with Crippen molar-refractivity contribution in [3.8, 4) is 0 Å². The average molecular weight is 803 g/mol. The molecule has 326 valence electrons. The first-order valence-electron chi connectivity index (χ1n) is 21.3. The molecule has 1 fully saturated rings. The van der Waals surface area contributed by atoms with Gasteiger partial charge in [0, 0.05) is 26.7 Å². The third kappa shape index (κ3) is 24.9. The standard InChI is InChI=1S/C42H74O14/c1-5-7-9-11-13-14-15-16-17-18-19-20-22-23-25-27-37(48)54-40-39(52-33(4)45)36(31-50-32(3)44)53-42(51-30-35(47)34(46)29-43)41(40)56-55-38(49)28-26-24-21-12-10-8-6-2/h20,22,34-36,39-43,46-47H,5-19,21,23-31H2,1-4H3/b22-20+/t34-,35+,36-,39-,40+,41+,42-/m1/s1. The van der Waals surface area contributed by atoms with Gasteiger partial charge in [0.05, 0.1) is 13.2 Å². The minimum Gasteiger partial charge on any atom is -0.463 e. The molecule has 1 heterocycles. The highest BCUT2D eigenvalue weighted by molar-refractivity contribution is 5.70. The van der Waals surface area contributed by atoms with Crippen molar-refractivity contribution in [3.63, 3.8) is 0 Å². The largest absolute Gasteiger partial charge is 0.463 e. The molecule has 1 aliphatic heterocycles. The van der Waals surface area contributed by atoms with E-state index in [1.165, 1.54) is 64.7 Å². The molecule has 56 heavy (non-hydrogen) atoms. The number of esters is 3. The Morgan fingerprint density at radius 2 is 1.16 bits per heavy atom. The molecule has 0 amide bonds. The molecule has 0 spiro atoms. The van der Waals surface area contributed by atoms with Crippen molar-refractivity contribution in [1.29, 1.82) is 0 Å². The summed E-state index contributed by atoms with van der Waals surface area (Å²) < 4.78 is 28.2. The zero-order valence-electron chi connectivity index (χ0n) is 34.7. The van der Waals surface area contributed by atoms with Crippen molar-refractivity contribution in [2.24, 2.45) is 0 Å². The highest BCUT2D eigenvalue weighted by Crippen LogP contribution is 2.31. The minimum atomic E-state index is -1.57. The van der Waals surface area contributed by atoms with Crippen LogP contribution in [-0.4, -0.2) is 102 Å². The predicted octanol–water partition coefficient (Wildman–Crippen LogP) is 6.87. The second kappa shape index (κ2) is 33.4. The maximum absolute atomic E-state index is 13.3. The van der Waals surface area contributed by atoms with E-state index >= 15 is 0 Å². The number of allylic oxidation sites excluding steroid dienone is 2. The second-order valence-corrected chi connectivity index (χ2v) is 14.7. The molecule has 0 aromatic rings. The number of rotatable bonds is 34. The molecule has 14 heteroatoms. The summed E-state index contributed by atoms with van der Waals surface area (Å²) >= 11 is 0. The Balaban J connectivity index is 2.95.